The molecular formula is C11H18N2O3S. The van der Waals surface area contributed by atoms with Gasteiger partial charge in [0, 0.05) is 12.5 Å². The van der Waals surface area contributed by atoms with Crippen molar-refractivity contribution in [1.29, 1.82) is 0 Å². The van der Waals surface area contributed by atoms with Crippen LogP contribution >= 0.6 is 0 Å². The maximum atomic E-state index is 11.4. The van der Waals surface area contributed by atoms with E-state index >= 15 is 0 Å². The Kier molecular flexibility index (Phi) is 3.53. The highest BCUT2D eigenvalue weighted by Gasteiger charge is 2.24. The number of aliphatic hydroxyl groups is 1. The number of aliphatic hydroxyl groups excluding tert-OH is 1. The topological polar surface area (TPSA) is 72.2 Å². The summed E-state index contributed by atoms with van der Waals surface area (Å²) in [5.41, 5.74) is 0. The van der Waals surface area contributed by atoms with Crippen LogP contribution in [-0.2, 0) is 9.84 Å². The van der Waals surface area contributed by atoms with Crippen molar-refractivity contribution in [3.05, 3.63) is 12.4 Å². The van der Waals surface area contributed by atoms with Crippen LogP contribution in [0.5, 0.6) is 0 Å². The fourth-order valence-corrected chi connectivity index (χ4v) is 2.81. The van der Waals surface area contributed by atoms with Crippen LogP contribution in [0.15, 0.2) is 17.3 Å². The normalized spacial score (nSPS) is 26.7. The van der Waals surface area contributed by atoms with Crippen LogP contribution < -0.4 is 0 Å². The zero-order chi connectivity index (χ0) is 12.5. The Balaban J connectivity index is 2.24. The highest BCUT2D eigenvalue weighted by Crippen LogP contribution is 2.27. The molecule has 1 fully saturated rings. The molecule has 5 nitrogen and oxygen atoms in total. The molecule has 1 aromatic heterocycles. The van der Waals surface area contributed by atoms with Crippen molar-refractivity contribution in [2.45, 2.75) is 49.1 Å². The van der Waals surface area contributed by atoms with Gasteiger partial charge in [-0.05, 0) is 12.8 Å². The molecule has 17 heavy (non-hydrogen) atoms. The first-order valence-corrected chi connectivity index (χ1v) is 7.80. The summed E-state index contributed by atoms with van der Waals surface area (Å²) in [7, 11) is -3.21. The predicted molar refractivity (Wildman–Crippen MR) is 63.5 cm³/mol. The van der Waals surface area contributed by atoms with Gasteiger partial charge in [-0.3, -0.25) is 4.68 Å². The van der Waals surface area contributed by atoms with E-state index in [4.69, 9.17) is 0 Å². The molecule has 6 heteroatoms. The van der Waals surface area contributed by atoms with E-state index in [0.717, 1.165) is 38.4 Å². The van der Waals surface area contributed by atoms with E-state index < -0.39 is 15.9 Å². The van der Waals surface area contributed by atoms with Gasteiger partial charge in [0.2, 0.25) is 0 Å². The summed E-state index contributed by atoms with van der Waals surface area (Å²) in [5.74, 6) is 0. The number of hydrogen-bond donors (Lipinski definition) is 1. The maximum absolute atomic E-state index is 11.4. The Hall–Kier alpha value is -0.880. The second-order valence-corrected chi connectivity index (χ2v) is 6.72. The lowest BCUT2D eigenvalue weighted by atomic mass is 10.1. The fourth-order valence-electron chi connectivity index (χ4n) is 2.27. The fraction of sp³-hybridized carbons (Fsp3) is 0.727. The SMILES string of the molecule is CS(=O)(=O)c1cnn(C2CCCCCC2O)c1. The molecule has 1 saturated carbocycles. The van der Waals surface area contributed by atoms with Crippen molar-refractivity contribution in [3.8, 4) is 0 Å². The van der Waals surface area contributed by atoms with Crippen molar-refractivity contribution in [2.24, 2.45) is 0 Å². The van der Waals surface area contributed by atoms with Gasteiger partial charge in [0.25, 0.3) is 0 Å². The zero-order valence-corrected chi connectivity index (χ0v) is 10.7. The molecule has 0 aromatic carbocycles. The lowest BCUT2D eigenvalue weighted by Gasteiger charge is -2.20. The van der Waals surface area contributed by atoms with Gasteiger partial charge >= 0.3 is 0 Å². The maximum Gasteiger partial charge on any atom is 0.178 e. The smallest absolute Gasteiger partial charge is 0.178 e. The van der Waals surface area contributed by atoms with Crippen LogP contribution in [0.3, 0.4) is 0 Å². The molecule has 1 N–H and O–H groups in total. The summed E-state index contributed by atoms with van der Waals surface area (Å²) in [6.45, 7) is 0. The molecule has 0 saturated heterocycles. The molecule has 2 atom stereocenters. The highest BCUT2D eigenvalue weighted by atomic mass is 32.2. The molecule has 0 radical (unpaired) electrons. The van der Waals surface area contributed by atoms with Crippen LogP contribution in [0.1, 0.15) is 38.1 Å². The second kappa shape index (κ2) is 4.78. The lowest BCUT2D eigenvalue weighted by molar-refractivity contribution is 0.0989. The first kappa shape index (κ1) is 12.6. The van der Waals surface area contributed by atoms with Crippen molar-refractivity contribution in [3.63, 3.8) is 0 Å². The van der Waals surface area contributed by atoms with E-state index in [1.807, 2.05) is 0 Å². The van der Waals surface area contributed by atoms with E-state index in [-0.39, 0.29) is 10.9 Å². The summed E-state index contributed by atoms with van der Waals surface area (Å²) in [6.07, 6.45) is 8.43. The molecule has 0 amide bonds. The van der Waals surface area contributed by atoms with Gasteiger partial charge in [0.1, 0.15) is 4.90 Å². The van der Waals surface area contributed by atoms with Crippen molar-refractivity contribution >= 4 is 9.84 Å². The molecule has 2 rings (SSSR count). The van der Waals surface area contributed by atoms with Crippen molar-refractivity contribution < 1.29 is 13.5 Å². The molecule has 0 bridgehead atoms. The van der Waals surface area contributed by atoms with Gasteiger partial charge in [-0.25, -0.2) is 8.42 Å². The van der Waals surface area contributed by atoms with E-state index in [2.05, 4.69) is 5.10 Å². The summed E-state index contributed by atoms with van der Waals surface area (Å²) in [4.78, 5) is 0.217. The third-order valence-electron chi connectivity index (χ3n) is 3.29. The number of sulfone groups is 1. The van der Waals surface area contributed by atoms with Crippen LogP contribution in [-0.4, -0.2) is 35.7 Å². The number of hydrogen-bond acceptors (Lipinski definition) is 4. The average Bonchev–Trinajstić information content (AvgIpc) is 2.63. The van der Waals surface area contributed by atoms with Gasteiger partial charge in [-0.15, -0.1) is 0 Å². The van der Waals surface area contributed by atoms with Gasteiger partial charge in [-0.1, -0.05) is 19.3 Å². The molecule has 96 valence electrons. The Labute approximate surface area is 101 Å². The van der Waals surface area contributed by atoms with E-state index in [9.17, 15) is 13.5 Å². The Bertz CT molecular complexity index is 481. The van der Waals surface area contributed by atoms with Crippen LogP contribution in [0.25, 0.3) is 0 Å². The third-order valence-corrected chi connectivity index (χ3v) is 4.36. The number of nitrogens with zero attached hydrogens (tertiary/aromatic N) is 2. The molecule has 0 spiro atoms. The van der Waals surface area contributed by atoms with E-state index in [1.165, 1.54) is 12.4 Å². The minimum atomic E-state index is -3.21. The van der Waals surface area contributed by atoms with Crippen LogP contribution in [0, 0.1) is 0 Å². The molecule has 1 aromatic rings. The Morgan fingerprint density at radius 2 is 2.06 bits per heavy atom. The predicted octanol–water partition coefficient (Wildman–Crippen LogP) is 1.15. The Morgan fingerprint density at radius 1 is 1.35 bits per heavy atom. The van der Waals surface area contributed by atoms with E-state index in [0.29, 0.717) is 0 Å². The largest absolute Gasteiger partial charge is 0.391 e. The van der Waals surface area contributed by atoms with Gasteiger partial charge in [0.05, 0.1) is 18.3 Å². The van der Waals surface area contributed by atoms with Gasteiger partial charge < -0.3 is 5.11 Å². The van der Waals surface area contributed by atoms with Crippen LogP contribution in [0.4, 0.5) is 0 Å². The molecule has 1 aliphatic rings. The van der Waals surface area contributed by atoms with Crippen molar-refractivity contribution in [1.82, 2.24) is 9.78 Å². The second-order valence-electron chi connectivity index (χ2n) is 4.70. The zero-order valence-electron chi connectivity index (χ0n) is 9.91. The van der Waals surface area contributed by atoms with Crippen molar-refractivity contribution in [2.75, 3.05) is 6.26 Å². The summed E-state index contributed by atoms with van der Waals surface area (Å²) in [6, 6.07) is -0.0898. The number of aromatic nitrogens is 2. The summed E-state index contributed by atoms with van der Waals surface area (Å²) in [5, 5.41) is 14.1. The van der Waals surface area contributed by atoms with Gasteiger partial charge in [-0.2, -0.15) is 5.10 Å². The lowest BCUT2D eigenvalue weighted by Crippen LogP contribution is -2.23. The summed E-state index contributed by atoms with van der Waals surface area (Å²) >= 11 is 0. The average molecular weight is 258 g/mol. The number of rotatable bonds is 2. The first-order valence-electron chi connectivity index (χ1n) is 5.91. The molecular weight excluding hydrogens is 240 g/mol. The minimum absolute atomic E-state index is 0.0898. The molecule has 0 aliphatic heterocycles. The summed E-state index contributed by atoms with van der Waals surface area (Å²) < 4.78 is 24.3. The molecule has 2 unspecified atom stereocenters. The van der Waals surface area contributed by atoms with E-state index in [1.54, 1.807) is 4.68 Å². The van der Waals surface area contributed by atoms with Gasteiger partial charge in [0.15, 0.2) is 9.84 Å². The monoisotopic (exact) mass is 258 g/mol. The quantitative estimate of drug-likeness (QED) is 0.808. The first-order chi connectivity index (χ1) is 7.98. The minimum Gasteiger partial charge on any atom is -0.391 e. The third kappa shape index (κ3) is 2.87. The molecule has 1 aliphatic carbocycles. The van der Waals surface area contributed by atoms with Crippen LogP contribution in [0.2, 0.25) is 0 Å². The Morgan fingerprint density at radius 3 is 2.71 bits per heavy atom. The molecule has 1 heterocycles. The highest BCUT2D eigenvalue weighted by molar-refractivity contribution is 7.90. The standard InChI is InChI=1S/C11H18N2O3S/c1-17(15,16)9-7-12-13(8-9)10-5-3-2-4-6-11(10)14/h7-8,10-11,14H,2-6H2,1H3.